The van der Waals surface area contributed by atoms with Crippen molar-refractivity contribution < 1.29 is 9.47 Å². The summed E-state index contributed by atoms with van der Waals surface area (Å²) in [6.45, 7) is 7.32. The molecule has 0 heterocycles. The van der Waals surface area contributed by atoms with E-state index in [2.05, 4.69) is 29.7 Å². The van der Waals surface area contributed by atoms with E-state index in [0.29, 0.717) is 18.3 Å². The van der Waals surface area contributed by atoms with E-state index in [0.717, 1.165) is 22.9 Å². The summed E-state index contributed by atoms with van der Waals surface area (Å²) in [5, 5.41) is 6.80. The Kier molecular flexibility index (Phi) is 12.6. The Morgan fingerprint density at radius 2 is 1.10 bits per heavy atom. The highest BCUT2D eigenvalue weighted by Gasteiger charge is 2.00. The lowest BCUT2D eigenvalue weighted by atomic mass is 10.2. The minimum atomic E-state index is 0. The van der Waals surface area contributed by atoms with Gasteiger partial charge in [0.05, 0.1) is 13.2 Å². The van der Waals surface area contributed by atoms with Crippen molar-refractivity contribution in [1.82, 2.24) is 0 Å². The van der Waals surface area contributed by atoms with Crippen molar-refractivity contribution in [2.45, 2.75) is 20.8 Å². The summed E-state index contributed by atoms with van der Waals surface area (Å²) < 4.78 is 10.8. The molecule has 0 bridgehead atoms. The van der Waals surface area contributed by atoms with Crippen LogP contribution < -0.4 is 20.1 Å². The van der Waals surface area contributed by atoms with Crippen molar-refractivity contribution in [3.8, 4) is 11.5 Å². The van der Waals surface area contributed by atoms with Crippen LogP contribution in [0.15, 0.2) is 78.9 Å². The van der Waals surface area contributed by atoms with E-state index in [9.17, 15) is 0 Å². The highest BCUT2D eigenvalue weighted by atomic mass is 32.1. The Hall–Kier alpha value is -2.28. The van der Waals surface area contributed by atoms with Crippen molar-refractivity contribution in [2.75, 3.05) is 23.8 Å². The molecule has 3 aromatic rings. The predicted molar refractivity (Wildman–Crippen MR) is 135 cm³/mol. The van der Waals surface area contributed by atoms with Gasteiger partial charge in [0.25, 0.3) is 0 Å². The maximum atomic E-state index is 5.40. The SMILES string of the molecule is CCOc1ccc(NC(=S)Nc2ccc(OCC)cc2)cc1.Cc1ccccc1.[MgH2]. The summed E-state index contributed by atoms with van der Waals surface area (Å²) in [6, 6.07) is 25.6. The van der Waals surface area contributed by atoms with Crippen molar-refractivity contribution in [3.63, 3.8) is 0 Å². The van der Waals surface area contributed by atoms with Crippen LogP contribution in [-0.2, 0) is 0 Å². The number of rotatable bonds is 6. The van der Waals surface area contributed by atoms with Crippen molar-refractivity contribution in [3.05, 3.63) is 84.4 Å². The molecule has 0 fully saturated rings. The number of hydrogen-bond acceptors (Lipinski definition) is 3. The van der Waals surface area contributed by atoms with Gasteiger partial charge in [-0.25, -0.2) is 0 Å². The number of benzene rings is 3. The summed E-state index contributed by atoms with van der Waals surface area (Å²) in [4.78, 5) is 0. The molecule has 0 aliphatic carbocycles. The smallest absolute Gasteiger partial charge is 0.316 e. The molecule has 156 valence electrons. The Morgan fingerprint density at radius 1 is 0.700 bits per heavy atom. The first-order valence-electron chi connectivity index (χ1n) is 9.66. The molecule has 0 aliphatic rings. The first-order valence-corrected chi connectivity index (χ1v) is 10.1. The van der Waals surface area contributed by atoms with Crippen LogP contribution in [0.5, 0.6) is 11.5 Å². The molecule has 0 radical (unpaired) electrons. The maximum Gasteiger partial charge on any atom is 0.316 e. The second-order valence-corrected chi connectivity index (χ2v) is 6.56. The Balaban J connectivity index is 0.000000477. The average Bonchev–Trinajstić information content (AvgIpc) is 2.72. The average molecular weight is 435 g/mol. The second-order valence-electron chi connectivity index (χ2n) is 6.15. The molecule has 0 amide bonds. The second kappa shape index (κ2) is 14.7. The number of anilines is 2. The van der Waals surface area contributed by atoms with Gasteiger partial charge in [0.15, 0.2) is 5.11 Å². The van der Waals surface area contributed by atoms with E-state index < -0.39 is 0 Å². The van der Waals surface area contributed by atoms with Crippen LogP contribution in [0.2, 0.25) is 0 Å². The molecule has 2 N–H and O–H groups in total. The normalized spacial score (nSPS) is 9.30. The number of aryl methyl sites for hydroxylation is 1. The van der Waals surface area contributed by atoms with Crippen LogP contribution in [-0.4, -0.2) is 41.4 Å². The van der Waals surface area contributed by atoms with Crippen molar-refractivity contribution >= 4 is 51.8 Å². The van der Waals surface area contributed by atoms with Crippen LogP contribution in [0.25, 0.3) is 0 Å². The molecular weight excluding hydrogens is 405 g/mol. The van der Waals surface area contributed by atoms with Gasteiger partial charge in [-0.1, -0.05) is 35.9 Å². The fourth-order valence-corrected chi connectivity index (χ4v) is 2.67. The summed E-state index contributed by atoms with van der Waals surface area (Å²) >= 11 is 5.30. The molecule has 0 atom stereocenters. The standard InChI is InChI=1S/C17H20N2O2S.C7H8.Mg.2H/c1-3-20-15-9-5-13(6-10-15)18-17(22)19-14-7-11-16(12-8-14)21-4-2;1-7-5-3-2-4-6-7;;;/h5-12H,3-4H2,1-2H3,(H2,18,19,22);2-6H,1H3;;;. The van der Waals surface area contributed by atoms with Gasteiger partial charge in [-0.15, -0.1) is 0 Å². The largest absolute Gasteiger partial charge is 0.494 e. The highest BCUT2D eigenvalue weighted by Crippen LogP contribution is 2.18. The first kappa shape index (κ1) is 25.8. The molecule has 0 spiro atoms. The molecule has 0 saturated heterocycles. The lowest BCUT2D eigenvalue weighted by molar-refractivity contribution is 0.340. The molecule has 0 aromatic heterocycles. The van der Waals surface area contributed by atoms with E-state index in [4.69, 9.17) is 21.7 Å². The quantitative estimate of drug-likeness (QED) is 0.403. The lowest BCUT2D eigenvalue weighted by Crippen LogP contribution is -2.18. The van der Waals surface area contributed by atoms with Crippen LogP contribution in [0.4, 0.5) is 11.4 Å². The van der Waals surface area contributed by atoms with E-state index >= 15 is 0 Å². The third kappa shape index (κ3) is 9.96. The molecule has 0 saturated carbocycles. The Labute approximate surface area is 201 Å². The van der Waals surface area contributed by atoms with E-state index in [-0.39, 0.29) is 23.1 Å². The fraction of sp³-hybridized carbons (Fsp3) is 0.208. The van der Waals surface area contributed by atoms with Crippen LogP contribution >= 0.6 is 12.2 Å². The predicted octanol–water partition coefficient (Wildman–Crippen LogP) is 5.37. The van der Waals surface area contributed by atoms with Crippen LogP contribution in [0.3, 0.4) is 0 Å². The van der Waals surface area contributed by atoms with Gasteiger partial charge in [0, 0.05) is 11.4 Å². The zero-order chi connectivity index (χ0) is 20.9. The van der Waals surface area contributed by atoms with Crippen LogP contribution in [0.1, 0.15) is 19.4 Å². The van der Waals surface area contributed by atoms with Gasteiger partial charge in [0.1, 0.15) is 11.5 Å². The van der Waals surface area contributed by atoms with Crippen LogP contribution in [0, 0.1) is 6.92 Å². The summed E-state index contributed by atoms with van der Waals surface area (Å²) in [5.41, 5.74) is 3.14. The van der Waals surface area contributed by atoms with Gasteiger partial charge in [-0.2, -0.15) is 0 Å². The van der Waals surface area contributed by atoms with E-state index in [1.54, 1.807) is 0 Å². The zero-order valence-electron chi connectivity index (χ0n) is 17.1. The van der Waals surface area contributed by atoms with Gasteiger partial charge in [-0.3, -0.25) is 0 Å². The molecule has 3 aromatic carbocycles. The number of nitrogens with one attached hydrogen (secondary N) is 2. The molecule has 30 heavy (non-hydrogen) atoms. The lowest BCUT2D eigenvalue weighted by Gasteiger charge is -2.12. The highest BCUT2D eigenvalue weighted by molar-refractivity contribution is 7.80. The number of thiocarbonyl (C=S) groups is 1. The number of hydrogen-bond donors (Lipinski definition) is 2. The molecule has 3 rings (SSSR count). The van der Waals surface area contributed by atoms with Gasteiger partial charge >= 0.3 is 23.1 Å². The topological polar surface area (TPSA) is 42.5 Å². The Morgan fingerprint density at radius 3 is 1.40 bits per heavy atom. The fourth-order valence-electron chi connectivity index (χ4n) is 2.43. The van der Waals surface area contributed by atoms with Gasteiger partial charge in [0.2, 0.25) is 0 Å². The van der Waals surface area contributed by atoms with Gasteiger partial charge in [-0.05, 0) is 81.5 Å². The maximum absolute atomic E-state index is 5.40. The van der Waals surface area contributed by atoms with Crippen molar-refractivity contribution in [2.24, 2.45) is 0 Å². The molecule has 4 nitrogen and oxygen atoms in total. The minimum absolute atomic E-state index is 0. The Bertz CT molecular complexity index is 803. The number of ether oxygens (including phenoxy) is 2. The monoisotopic (exact) mass is 434 g/mol. The summed E-state index contributed by atoms with van der Waals surface area (Å²) in [7, 11) is 0. The molecule has 0 aliphatic heterocycles. The van der Waals surface area contributed by atoms with Crippen molar-refractivity contribution in [1.29, 1.82) is 0 Å². The zero-order valence-corrected chi connectivity index (χ0v) is 18.0. The summed E-state index contributed by atoms with van der Waals surface area (Å²) in [5.74, 6) is 1.69. The third-order valence-corrected chi connectivity index (χ3v) is 3.99. The summed E-state index contributed by atoms with van der Waals surface area (Å²) in [6.07, 6.45) is 0. The van der Waals surface area contributed by atoms with E-state index in [1.807, 2.05) is 80.6 Å². The minimum Gasteiger partial charge on any atom is -0.494 e. The third-order valence-electron chi connectivity index (χ3n) is 3.79. The molecule has 6 heteroatoms. The molecular formula is C24H30MgN2O2S. The first-order chi connectivity index (χ1) is 14.1. The molecule has 0 unspecified atom stereocenters. The van der Waals surface area contributed by atoms with E-state index in [1.165, 1.54) is 5.56 Å². The van der Waals surface area contributed by atoms with Gasteiger partial charge < -0.3 is 20.1 Å².